The molecule has 0 amide bonds. The van der Waals surface area contributed by atoms with Gasteiger partial charge in [-0.2, -0.15) is 0 Å². The zero-order valence-electron chi connectivity index (χ0n) is 17.1. The molecule has 3 atom stereocenters. The van der Waals surface area contributed by atoms with Crippen LogP contribution in [0.3, 0.4) is 0 Å². The molecule has 3 unspecified atom stereocenters. The van der Waals surface area contributed by atoms with Crippen LogP contribution in [0.4, 0.5) is 0 Å². The van der Waals surface area contributed by atoms with Crippen LogP contribution in [-0.4, -0.2) is 59.3 Å². The van der Waals surface area contributed by atoms with Gasteiger partial charge in [0.25, 0.3) is 0 Å². The van der Waals surface area contributed by atoms with Gasteiger partial charge in [-0.1, -0.05) is 43.7 Å². The molecule has 0 saturated heterocycles. The predicted molar refractivity (Wildman–Crippen MR) is 117 cm³/mol. The Morgan fingerprint density at radius 2 is 2.07 bits per heavy atom. The van der Waals surface area contributed by atoms with E-state index < -0.39 is 10.8 Å². The third-order valence-electron chi connectivity index (χ3n) is 5.15. The zero-order chi connectivity index (χ0) is 19.5. The molecule has 27 heavy (non-hydrogen) atoms. The second-order valence-corrected chi connectivity index (χ2v) is 9.38. The molecule has 1 saturated carbocycles. The minimum atomic E-state index is -0.686. The highest BCUT2D eigenvalue weighted by Crippen LogP contribution is 2.22. The number of hydrogen-bond donors (Lipinski definition) is 2. The molecule has 1 aliphatic rings. The van der Waals surface area contributed by atoms with Crippen molar-refractivity contribution in [3.8, 4) is 0 Å². The topological polar surface area (TPSA) is 56.7 Å². The Balaban J connectivity index is 1.66. The highest BCUT2D eigenvalue weighted by Gasteiger charge is 2.25. The van der Waals surface area contributed by atoms with Gasteiger partial charge >= 0.3 is 0 Å². The van der Waals surface area contributed by atoms with Crippen LogP contribution in [0.5, 0.6) is 0 Å². The third kappa shape index (κ3) is 8.01. The summed E-state index contributed by atoms with van der Waals surface area (Å²) in [6.45, 7) is 4.93. The molecule has 1 fully saturated rings. The maximum atomic E-state index is 12.1. The van der Waals surface area contributed by atoms with E-state index in [1.807, 2.05) is 14.0 Å². The van der Waals surface area contributed by atoms with E-state index in [0.717, 1.165) is 63.5 Å². The van der Waals surface area contributed by atoms with Crippen LogP contribution in [0.2, 0.25) is 0 Å². The molecule has 152 valence electrons. The van der Waals surface area contributed by atoms with E-state index in [1.54, 1.807) is 0 Å². The van der Waals surface area contributed by atoms with Gasteiger partial charge in [-0.3, -0.25) is 9.20 Å². The lowest BCUT2D eigenvalue weighted by Gasteiger charge is -2.30. The van der Waals surface area contributed by atoms with E-state index in [2.05, 4.69) is 57.9 Å². The second-order valence-electron chi connectivity index (χ2n) is 7.38. The van der Waals surface area contributed by atoms with Crippen molar-refractivity contribution in [1.29, 1.82) is 0 Å². The van der Waals surface area contributed by atoms with Crippen molar-refractivity contribution >= 4 is 16.8 Å². The number of guanidine groups is 1. The standard InChI is InChI=1S/C21H36N4OS/c1-4-27(26)20-13-8-12-19(16-20)24-21(22-2)23-14-9-15-25(3)17-18-10-6-5-7-11-18/h5-7,10-11,19-20H,4,8-9,12-17H2,1-3H3,(H2,22,23,24). The molecule has 2 rings (SSSR count). The summed E-state index contributed by atoms with van der Waals surface area (Å²) in [6.07, 6.45) is 5.43. The van der Waals surface area contributed by atoms with Gasteiger partial charge in [0, 0.05) is 48.0 Å². The lowest BCUT2D eigenvalue weighted by atomic mass is 9.95. The van der Waals surface area contributed by atoms with Gasteiger partial charge in [-0.15, -0.1) is 0 Å². The van der Waals surface area contributed by atoms with E-state index in [1.165, 1.54) is 5.56 Å². The van der Waals surface area contributed by atoms with E-state index in [0.29, 0.717) is 11.3 Å². The lowest BCUT2D eigenvalue weighted by molar-refractivity contribution is 0.322. The maximum absolute atomic E-state index is 12.1. The van der Waals surface area contributed by atoms with Crippen molar-refractivity contribution < 1.29 is 4.21 Å². The van der Waals surface area contributed by atoms with Crippen LogP contribution in [0.25, 0.3) is 0 Å². The number of nitrogens with one attached hydrogen (secondary N) is 2. The summed E-state index contributed by atoms with van der Waals surface area (Å²) >= 11 is 0. The van der Waals surface area contributed by atoms with Crippen molar-refractivity contribution in [3.05, 3.63) is 35.9 Å². The van der Waals surface area contributed by atoms with Crippen LogP contribution < -0.4 is 10.6 Å². The summed E-state index contributed by atoms with van der Waals surface area (Å²) in [5.74, 6) is 1.63. The van der Waals surface area contributed by atoms with Crippen molar-refractivity contribution in [2.45, 2.75) is 56.9 Å². The fourth-order valence-corrected chi connectivity index (χ4v) is 5.02. The molecule has 0 radical (unpaired) electrons. The van der Waals surface area contributed by atoms with Gasteiger partial charge in [-0.25, -0.2) is 0 Å². The molecular weight excluding hydrogens is 356 g/mol. The predicted octanol–water partition coefficient (Wildman–Crippen LogP) is 2.75. The second kappa shape index (κ2) is 12.1. The molecule has 2 N–H and O–H groups in total. The summed E-state index contributed by atoms with van der Waals surface area (Å²) in [6, 6.07) is 11.0. The zero-order valence-corrected chi connectivity index (χ0v) is 17.9. The van der Waals surface area contributed by atoms with Crippen molar-refractivity contribution in [3.63, 3.8) is 0 Å². The number of rotatable bonds is 9. The molecule has 1 aliphatic carbocycles. The van der Waals surface area contributed by atoms with Gasteiger partial charge in [0.2, 0.25) is 0 Å². The molecule has 0 aliphatic heterocycles. The minimum Gasteiger partial charge on any atom is -0.356 e. The fourth-order valence-electron chi connectivity index (χ4n) is 3.67. The molecule has 1 aromatic rings. The summed E-state index contributed by atoms with van der Waals surface area (Å²) in [5.41, 5.74) is 1.35. The van der Waals surface area contributed by atoms with E-state index in [-0.39, 0.29) is 0 Å². The first-order valence-corrected chi connectivity index (χ1v) is 11.6. The maximum Gasteiger partial charge on any atom is 0.191 e. The van der Waals surface area contributed by atoms with Crippen molar-refractivity contribution in [2.24, 2.45) is 4.99 Å². The number of aliphatic imine (C=N–C) groups is 1. The van der Waals surface area contributed by atoms with Gasteiger partial charge in [0.05, 0.1) is 0 Å². The number of hydrogen-bond acceptors (Lipinski definition) is 3. The van der Waals surface area contributed by atoms with E-state index >= 15 is 0 Å². The van der Waals surface area contributed by atoms with Crippen LogP contribution in [0.15, 0.2) is 35.3 Å². The van der Waals surface area contributed by atoms with Crippen LogP contribution in [0, 0.1) is 0 Å². The first-order valence-electron chi connectivity index (χ1n) is 10.2. The molecule has 1 aromatic carbocycles. The Morgan fingerprint density at radius 1 is 1.30 bits per heavy atom. The lowest BCUT2D eigenvalue weighted by Crippen LogP contribution is -2.47. The molecule has 0 spiro atoms. The molecule has 0 heterocycles. The van der Waals surface area contributed by atoms with Crippen molar-refractivity contribution in [1.82, 2.24) is 15.5 Å². The van der Waals surface area contributed by atoms with E-state index in [4.69, 9.17) is 0 Å². The SMILES string of the molecule is CCS(=O)C1CCCC(NC(=NC)NCCCN(C)Cc2ccccc2)C1. The quantitative estimate of drug-likeness (QED) is 0.385. The van der Waals surface area contributed by atoms with Gasteiger partial charge in [0.1, 0.15) is 0 Å². The Morgan fingerprint density at radius 3 is 2.78 bits per heavy atom. The largest absolute Gasteiger partial charge is 0.356 e. The Bertz CT molecular complexity index is 593. The van der Waals surface area contributed by atoms with Gasteiger partial charge < -0.3 is 15.5 Å². The number of benzene rings is 1. The number of nitrogens with zero attached hydrogens (tertiary/aromatic N) is 2. The Kier molecular flexibility index (Phi) is 9.84. The first-order chi connectivity index (χ1) is 13.1. The highest BCUT2D eigenvalue weighted by molar-refractivity contribution is 7.85. The van der Waals surface area contributed by atoms with Gasteiger partial charge in [-0.05, 0) is 44.8 Å². The third-order valence-corrected chi connectivity index (χ3v) is 6.89. The normalized spacial score (nSPS) is 21.9. The van der Waals surface area contributed by atoms with Crippen molar-refractivity contribution in [2.75, 3.05) is 32.9 Å². The summed E-state index contributed by atoms with van der Waals surface area (Å²) < 4.78 is 12.1. The summed E-state index contributed by atoms with van der Waals surface area (Å²) in [5, 5.41) is 7.30. The highest BCUT2D eigenvalue weighted by atomic mass is 32.2. The van der Waals surface area contributed by atoms with Crippen LogP contribution in [0.1, 0.15) is 44.6 Å². The first kappa shape index (κ1) is 21.9. The summed E-state index contributed by atoms with van der Waals surface area (Å²) in [4.78, 5) is 6.71. The summed E-state index contributed by atoms with van der Waals surface area (Å²) in [7, 11) is 3.30. The van der Waals surface area contributed by atoms with Gasteiger partial charge in [0.15, 0.2) is 5.96 Å². The fraction of sp³-hybridized carbons (Fsp3) is 0.667. The van der Waals surface area contributed by atoms with Crippen LogP contribution in [-0.2, 0) is 17.3 Å². The smallest absolute Gasteiger partial charge is 0.191 e. The molecule has 0 bridgehead atoms. The molecule has 5 nitrogen and oxygen atoms in total. The molecular formula is C21H36N4OS. The average molecular weight is 393 g/mol. The minimum absolute atomic E-state index is 0.339. The van der Waals surface area contributed by atoms with E-state index in [9.17, 15) is 4.21 Å². The Hall–Kier alpha value is -1.40. The van der Waals surface area contributed by atoms with Crippen LogP contribution >= 0.6 is 0 Å². The molecule has 0 aromatic heterocycles. The monoisotopic (exact) mass is 392 g/mol. The molecule has 6 heteroatoms. The Labute approximate surface area is 167 Å². The average Bonchev–Trinajstić information content (AvgIpc) is 2.70.